The number of hydrogen-bond acceptors (Lipinski definition) is 4. The Hall–Kier alpha value is -3.24. The summed E-state index contributed by atoms with van der Waals surface area (Å²) in [7, 11) is 0. The molecule has 4 heteroatoms. The van der Waals surface area contributed by atoms with Gasteiger partial charge in [0.05, 0.1) is 6.20 Å². The molecule has 2 unspecified atom stereocenters. The average molecular weight is 382 g/mol. The van der Waals surface area contributed by atoms with E-state index in [1.807, 2.05) is 24.3 Å². The molecule has 0 amide bonds. The molecule has 0 radical (unpaired) electrons. The molecule has 29 heavy (non-hydrogen) atoms. The first-order valence-electron chi connectivity index (χ1n) is 10.0. The Bertz CT molecular complexity index is 1110. The highest BCUT2D eigenvalue weighted by molar-refractivity contribution is 5.65. The van der Waals surface area contributed by atoms with E-state index in [2.05, 4.69) is 52.4 Å². The zero-order valence-corrected chi connectivity index (χ0v) is 16.0. The summed E-state index contributed by atoms with van der Waals surface area (Å²) in [6.45, 7) is 0. The van der Waals surface area contributed by atoms with Gasteiger partial charge in [-0.15, -0.1) is 0 Å². The van der Waals surface area contributed by atoms with Crippen molar-refractivity contribution in [2.75, 3.05) is 0 Å². The number of aliphatic hydroxyl groups is 1. The molecule has 1 aliphatic rings. The first kappa shape index (κ1) is 17.8. The number of oxazole rings is 1. The second-order valence-corrected chi connectivity index (χ2v) is 7.57. The molecular formula is C25H22N2O2. The zero-order chi connectivity index (χ0) is 19.6. The van der Waals surface area contributed by atoms with Crippen LogP contribution < -0.4 is 0 Å². The quantitative estimate of drug-likeness (QED) is 0.524. The molecule has 4 aromatic rings. The predicted octanol–water partition coefficient (Wildman–Crippen LogP) is 5.24. The summed E-state index contributed by atoms with van der Waals surface area (Å²) in [5.41, 5.74) is 5.88. The van der Waals surface area contributed by atoms with E-state index in [0.717, 1.165) is 25.0 Å². The molecule has 1 aliphatic carbocycles. The van der Waals surface area contributed by atoms with Crippen molar-refractivity contribution in [2.45, 2.75) is 25.4 Å². The van der Waals surface area contributed by atoms with Crippen molar-refractivity contribution in [2.24, 2.45) is 5.92 Å². The van der Waals surface area contributed by atoms with Crippen LogP contribution in [0.5, 0.6) is 0 Å². The van der Waals surface area contributed by atoms with Gasteiger partial charge in [0.25, 0.3) is 0 Å². The maximum absolute atomic E-state index is 10.9. The van der Waals surface area contributed by atoms with Crippen molar-refractivity contribution in [3.8, 4) is 22.6 Å². The number of aliphatic hydroxyl groups excluding tert-OH is 1. The second-order valence-electron chi connectivity index (χ2n) is 7.57. The zero-order valence-electron chi connectivity index (χ0n) is 16.0. The van der Waals surface area contributed by atoms with Crippen molar-refractivity contribution in [1.29, 1.82) is 0 Å². The van der Waals surface area contributed by atoms with Gasteiger partial charge < -0.3 is 9.52 Å². The number of nitrogens with zero attached hydrogens (tertiary/aromatic N) is 2. The average Bonchev–Trinajstić information content (AvgIpc) is 3.29. The Morgan fingerprint density at radius 1 is 0.897 bits per heavy atom. The standard InChI is InChI=1S/C25H22N2O2/c28-24(25-27-16-23(29-25)22-8-4-5-13-26-22)21-12-11-19-14-18(9-10-20(19)15-21)17-6-2-1-3-7-17/h1-10,13-14,16,21,24,28H,11-12,15H2. The minimum absolute atomic E-state index is 0.0975. The topological polar surface area (TPSA) is 59.2 Å². The third-order valence-corrected chi connectivity index (χ3v) is 5.72. The summed E-state index contributed by atoms with van der Waals surface area (Å²) in [5.74, 6) is 1.06. The van der Waals surface area contributed by atoms with Crippen LogP contribution in [0.3, 0.4) is 0 Å². The Morgan fingerprint density at radius 2 is 1.76 bits per heavy atom. The highest BCUT2D eigenvalue weighted by Crippen LogP contribution is 2.36. The fourth-order valence-corrected chi connectivity index (χ4v) is 4.12. The smallest absolute Gasteiger partial charge is 0.224 e. The maximum Gasteiger partial charge on any atom is 0.224 e. The van der Waals surface area contributed by atoms with Crippen LogP contribution in [0.2, 0.25) is 0 Å². The van der Waals surface area contributed by atoms with Gasteiger partial charge in [-0.05, 0) is 59.6 Å². The molecule has 0 aliphatic heterocycles. The Kier molecular flexibility index (Phi) is 4.70. The second kappa shape index (κ2) is 7.64. The summed E-state index contributed by atoms with van der Waals surface area (Å²) in [4.78, 5) is 8.60. The van der Waals surface area contributed by atoms with Crippen molar-refractivity contribution in [3.63, 3.8) is 0 Å². The summed E-state index contributed by atoms with van der Waals surface area (Å²) in [6.07, 6.45) is 5.33. The van der Waals surface area contributed by atoms with Gasteiger partial charge in [-0.25, -0.2) is 4.98 Å². The van der Waals surface area contributed by atoms with E-state index in [1.54, 1.807) is 12.4 Å². The van der Waals surface area contributed by atoms with Crippen molar-refractivity contribution in [3.05, 3.63) is 96.1 Å². The number of hydrogen-bond donors (Lipinski definition) is 1. The number of aryl methyl sites for hydroxylation is 1. The van der Waals surface area contributed by atoms with Gasteiger partial charge in [0.15, 0.2) is 5.76 Å². The number of rotatable bonds is 4. The minimum atomic E-state index is -0.714. The summed E-state index contributed by atoms with van der Waals surface area (Å²) < 4.78 is 5.83. The molecule has 2 heterocycles. The lowest BCUT2D eigenvalue weighted by Gasteiger charge is -2.27. The van der Waals surface area contributed by atoms with Crippen molar-refractivity contribution >= 4 is 0 Å². The third kappa shape index (κ3) is 3.59. The first-order chi connectivity index (χ1) is 14.3. The largest absolute Gasteiger partial charge is 0.436 e. The molecule has 1 N–H and O–H groups in total. The van der Waals surface area contributed by atoms with Gasteiger partial charge in [0.2, 0.25) is 5.89 Å². The van der Waals surface area contributed by atoms with Crippen LogP contribution in [0.15, 0.2) is 83.5 Å². The lowest BCUT2D eigenvalue weighted by molar-refractivity contribution is 0.0737. The van der Waals surface area contributed by atoms with Gasteiger partial charge >= 0.3 is 0 Å². The van der Waals surface area contributed by atoms with Gasteiger partial charge in [-0.1, -0.05) is 54.6 Å². The minimum Gasteiger partial charge on any atom is -0.436 e. The summed E-state index contributed by atoms with van der Waals surface area (Å²) in [5, 5.41) is 10.9. The Morgan fingerprint density at radius 3 is 2.59 bits per heavy atom. The molecule has 0 spiro atoms. The maximum atomic E-state index is 10.9. The fourth-order valence-electron chi connectivity index (χ4n) is 4.12. The van der Waals surface area contributed by atoms with Gasteiger partial charge in [0, 0.05) is 6.20 Å². The van der Waals surface area contributed by atoms with E-state index in [0.29, 0.717) is 11.7 Å². The molecule has 5 rings (SSSR count). The van der Waals surface area contributed by atoms with Crippen LogP contribution in [-0.2, 0) is 12.8 Å². The van der Waals surface area contributed by atoms with Crippen LogP contribution in [0.1, 0.15) is 29.5 Å². The molecule has 0 saturated carbocycles. The van der Waals surface area contributed by atoms with E-state index >= 15 is 0 Å². The van der Waals surface area contributed by atoms with Crippen LogP contribution in [-0.4, -0.2) is 15.1 Å². The van der Waals surface area contributed by atoms with E-state index in [9.17, 15) is 5.11 Å². The van der Waals surface area contributed by atoms with Crippen molar-refractivity contribution < 1.29 is 9.52 Å². The Labute approximate surface area is 169 Å². The number of pyridine rings is 1. The van der Waals surface area contributed by atoms with Gasteiger partial charge in [-0.2, -0.15) is 0 Å². The van der Waals surface area contributed by atoms with Crippen molar-refractivity contribution in [1.82, 2.24) is 9.97 Å². The molecule has 0 fully saturated rings. The third-order valence-electron chi connectivity index (χ3n) is 5.72. The fraction of sp³-hybridized carbons (Fsp3) is 0.200. The molecular weight excluding hydrogens is 360 g/mol. The molecule has 0 saturated heterocycles. The highest BCUT2D eigenvalue weighted by atomic mass is 16.4. The summed E-state index contributed by atoms with van der Waals surface area (Å²) in [6, 6.07) is 22.7. The van der Waals surface area contributed by atoms with Crippen LogP contribution in [0.25, 0.3) is 22.6 Å². The molecule has 4 nitrogen and oxygen atoms in total. The molecule has 144 valence electrons. The van der Waals surface area contributed by atoms with Crippen LogP contribution in [0, 0.1) is 5.92 Å². The molecule has 2 atom stereocenters. The molecule has 2 aromatic heterocycles. The first-order valence-corrected chi connectivity index (χ1v) is 10.0. The summed E-state index contributed by atoms with van der Waals surface area (Å²) >= 11 is 0. The number of benzene rings is 2. The Balaban J connectivity index is 1.34. The van der Waals surface area contributed by atoms with E-state index in [4.69, 9.17) is 4.42 Å². The van der Waals surface area contributed by atoms with E-state index in [-0.39, 0.29) is 5.92 Å². The lowest BCUT2D eigenvalue weighted by atomic mass is 9.80. The van der Waals surface area contributed by atoms with Crippen LogP contribution in [0.4, 0.5) is 0 Å². The monoisotopic (exact) mass is 382 g/mol. The molecule has 0 bridgehead atoms. The number of fused-ring (bicyclic) bond motifs is 1. The molecule has 2 aromatic carbocycles. The number of aromatic nitrogens is 2. The van der Waals surface area contributed by atoms with Crippen LogP contribution >= 0.6 is 0 Å². The lowest BCUT2D eigenvalue weighted by Crippen LogP contribution is -2.21. The van der Waals surface area contributed by atoms with E-state index < -0.39 is 6.10 Å². The predicted molar refractivity (Wildman–Crippen MR) is 112 cm³/mol. The van der Waals surface area contributed by atoms with Gasteiger partial charge in [-0.3, -0.25) is 4.98 Å². The highest BCUT2D eigenvalue weighted by Gasteiger charge is 2.29. The normalized spacial score (nSPS) is 16.9. The van der Waals surface area contributed by atoms with Gasteiger partial charge in [0.1, 0.15) is 11.8 Å². The SMILES string of the molecule is OC(c1ncc(-c2ccccn2)o1)C1CCc2cc(-c3ccccc3)ccc2C1. The van der Waals surface area contributed by atoms with E-state index in [1.165, 1.54) is 22.3 Å².